The van der Waals surface area contributed by atoms with Gasteiger partial charge in [-0.1, -0.05) is 0 Å². The third-order valence-corrected chi connectivity index (χ3v) is 8.32. The number of ether oxygens (including phenoxy) is 1. The van der Waals surface area contributed by atoms with Gasteiger partial charge in [-0.15, -0.1) is 0 Å². The van der Waals surface area contributed by atoms with Crippen molar-refractivity contribution in [3.63, 3.8) is 0 Å². The Morgan fingerprint density at radius 1 is 1.35 bits per heavy atom. The number of rotatable bonds is 6. The zero-order valence-electron chi connectivity index (χ0n) is 14.7. The molecule has 1 aliphatic carbocycles. The van der Waals surface area contributed by atoms with Crippen molar-refractivity contribution in [1.82, 2.24) is 0 Å². The van der Waals surface area contributed by atoms with Gasteiger partial charge in [0.1, 0.15) is 0 Å². The Labute approximate surface area is 180 Å². The molecule has 6 heteroatoms. The molecule has 142 valence electrons. The summed E-state index contributed by atoms with van der Waals surface area (Å²) in [6.07, 6.45) is 4.17. The van der Waals surface area contributed by atoms with Gasteiger partial charge in [-0.25, -0.2) is 0 Å². The molecule has 0 aromatic heterocycles. The van der Waals surface area contributed by atoms with Crippen LogP contribution in [0.15, 0.2) is 46.7 Å². The number of hydrogen-bond donors (Lipinski definition) is 1. The molecule has 1 aromatic carbocycles. The molecule has 1 heterocycles. The van der Waals surface area contributed by atoms with Crippen LogP contribution in [0.5, 0.6) is 5.75 Å². The number of aliphatic hydroxyl groups is 1. The minimum atomic E-state index is -0.246. The standard InChI is InChI=1S/C20H21Cl3IO2/c1-4-5-26-19-13(17-10-24-17)6-11(9-16(19)23)20(2,3)12-7-14(21)18(25)15(22)8-12/h4,6-7,9,12,17,25H,1,5,8,10H2,2-3H3/q-1. The quantitative estimate of drug-likeness (QED) is 0.350. The fourth-order valence-electron chi connectivity index (χ4n) is 3.14. The van der Waals surface area contributed by atoms with Crippen LogP contribution in [-0.2, 0) is 5.41 Å². The zero-order valence-corrected chi connectivity index (χ0v) is 19.1. The maximum absolute atomic E-state index is 9.89. The van der Waals surface area contributed by atoms with Gasteiger partial charge in [-0.3, -0.25) is 0 Å². The summed E-state index contributed by atoms with van der Waals surface area (Å²) in [4.78, 5) is 0. The summed E-state index contributed by atoms with van der Waals surface area (Å²) in [5.74, 6) is 0.840. The summed E-state index contributed by atoms with van der Waals surface area (Å²) in [6.45, 7) is 8.48. The molecule has 0 radical (unpaired) electrons. The van der Waals surface area contributed by atoms with Crippen molar-refractivity contribution >= 4 is 34.8 Å². The second-order valence-electron chi connectivity index (χ2n) is 7.05. The summed E-state index contributed by atoms with van der Waals surface area (Å²) < 4.78 is 7.73. The minimum absolute atomic E-state index is 0.0185. The van der Waals surface area contributed by atoms with E-state index in [9.17, 15) is 5.11 Å². The summed E-state index contributed by atoms with van der Waals surface area (Å²) in [6, 6.07) is 4.22. The molecular weight excluding hydrogens is 505 g/mol. The number of aliphatic hydroxyl groups excluding tert-OH is 1. The maximum atomic E-state index is 9.89. The van der Waals surface area contributed by atoms with E-state index in [0.717, 1.165) is 11.3 Å². The third kappa shape index (κ3) is 4.06. The fraction of sp³-hybridized carbons (Fsp3) is 0.400. The zero-order chi connectivity index (χ0) is 19.1. The molecule has 0 spiro atoms. The number of allylic oxidation sites excluding steroid dienone is 3. The normalized spacial score (nSPS) is 23.2. The van der Waals surface area contributed by atoms with Crippen LogP contribution in [0.25, 0.3) is 0 Å². The van der Waals surface area contributed by atoms with Crippen molar-refractivity contribution in [2.45, 2.75) is 29.6 Å². The molecule has 3 rings (SSSR count). The molecule has 1 fully saturated rings. The monoisotopic (exact) mass is 525 g/mol. The van der Waals surface area contributed by atoms with Gasteiger partial charge in [-0.2, -0.15) is 0 Å². The first kappa shape index (κ1) is 20.4. The van der Waals surface area contributed by atoms with Crippen LogP contribution in [0.2, 0.25) is 5.02 Å². The van der Waals surface area contributed by atoms with Gasteiger partial charge in [0.15, 0.2) is 0 Å². The number of alkyl halides is 2. The molecule has 0 saturated carbocycles. The van der Waals surface area contributed by atoms with Crippen LogP contribution in [0.4, 0.5) is 0 Å². The van der Waals surface area contributed by atoms with Crippen molar-refractivity contribution in [1.29, 1.82) is 0 Å². The Morgan fingerprint density at radius 2 is 2.04 bits per heavy atom. The average molecular weight is 527 g/mol. The molecule has 2 unspecified atom stereocenters. The van der Waals surface area contributed by atoms with Crippen LogP contribution < -0.4 is 25.9 Å². The topological polar surface area (TPSA) is 29.5 Å². The second kappa shape index (κ2) is 7.94. The average Bonchev–Trinajstić information content (AvgIpc) is 3.42. The van der Waals surface area contributed by atoms with Crippen molar-refractivity contribution in [3.8, 4) is 5.75 Å². The van der Waals surface area contributed by atoms with Gasteiger partial charge in [0.2, 0.25) is 0 Å². The van der Waals surface area contributed by atoms with Crippen molar-refractivity contribution in [2.75, 3.05) is 11.0 Å². The Hall–Kier alpha value is -0.360. The van der Waals surface area contributed by atoms with E-state index in [2.05, 4.69) is 26.5 Å². The van der Waals surface area contributed by atoms with E-state index in [1.807, 2.05) is 12.1 Å². The Morgan fingerprint density at radius 3 is 2.62 bits per heavy atom. The van der Waals surface area contributed by atoms with Crippen LogP contribution in [0, 0.1) is 5.92 Å². The van der Waals surface area contributed by atoms with E-state index in [1.54, 1.807) is 6.08 Å². The van der Waals surface area contributed by atoms with Crippen LogP contribution >= 0.6 is 34.8 Å². The Kier molecular flexibility index (Phi) is 6.22. The van der Waals surface area contributed by atoms with E-state index in [4.69, 9.17) is 39.5 Å². The first-order valence-electron chi connectivity index (χ1n) is 8.36. The van der Waals surface area contributed by atoms with Crippen LogP contribution in [0.1, 0.15) is 35.3 Å². The first-order valence-corrected chi connectivity index (χ1v) is 12.3. The van der Waals surface area contributed by atoms with Crippen molar-refractivity contribution < 1.29 is 31.0 Å². The molecule has 1 aromatic rings. The van der Waals surface area contributed by atoms with Crippen molar-refractivity contribution in [2.24, 2.45) is 5.92 Å². The Balaban J connectivity index is 1.99. The van der Waals surface area contributed by atoms with E-state index < -0.39 is 0 Å². The molecule has 2 nitrogen and oxygen atoms in total. The molecular formula is C20H21Cl3IO2-. The van der Waals surface area contributed by atoms with Crippen molar-refractivity contribution in [3.05, 3.63) is 62.8 Å². The van der Waals surface area contributed by atoms with Crippen LogP contribution in [-0.4, -0.2) is 16.1 Å². The van der Waals surface area contributed by atoms with E-state index >= 15 is 0 Å². The molecule has 1 saturated heterocycles. The SMILES string of the molecule is C=CCOc1c(Cl)cc(C(C)(C)C2C=C(Cl)C(O)=C(Cl)C2)cc1C1C[I-]1. The summed E-state index contributed by atoms with van der Waals surface area (Å²) in [5, 5.41) is 11.2. The van der Waals surface area contributed by atoms with Gasteiger partial charge in [0.25, 0.3) is 0 Å². The van der Waals surface area contributed by atoms with Gasteiger partial charge >= 0.3 is 181 Å². The van der Waals surface area contributed by atoms with Gasteiger partial charge in [-0.05, 0) is 0 Å². The fourth-order valence-corrected chi connectivity index (χ4v) is 5.67. The summed E-state index contributed by atoms with van der Waals surface area (Å²) in [7, 11) is 0. The molecule has 0 amide bonds. The summed E-state index contributed by atoms with van der Waals surface area (Å²) in [5.41, 5.74) is 2.10. The number of benzene rings is 1. The molecule has 1 N–H and O–H groups in total. The number of hydrogen-bond acceptors (Lipinski definition) is 2. The third-order valence-electron chi connectivity index (χ3n) is 4.96. The molecule has 1 aliphatic heterocycles. The van der Waals surface area contributed by atoms with Gasteiger partial charge < -0.3 is 0 Å². The van der Waals surface area contributed by atoms with Gasteiger partial charge in [0.05, 0.1) is 0 Å². The Bertz CT molecular complexity index is 794. The summed E-state index contributed by atoms with van der Waals surface area (Å²) >= 11 is 19.2. The first-order chi connectivity index (χ1) is 12.3. The second-order valence-corrected chi connectivity index (χ2v) is 11.6. The number of halogens is 4. The van der Waals surface area contributed by atoms with E-state index in [0.29, 0.717) is 32.0 Å². The molecule has 2 atom stereocenters. The molecule has 26 heavy (non-hydrogen) atoms. The molecule has 0 bridgehead atoms. The van der Waals surface area contributed by atoms with E-state index in [1.165, 1.54) is 9.99 Å². The molecule has 2 aliphatic rings. The van der Waals surface area contributed by atoms with Crippen LogP contribution in [0.3, 0.4) is 0 Å². The predicted molar refractivity (Wildman–Crippen MR) is 105 cm³/mol. The predicted octanol–water partition coefficient (Wildman–Crippen LogP) is 3.48. The van der Waals surface area contributed by atoms with E-state index in [-0.39, 0.29) is 38.3 Å². The van der Waals surface area contributed by atoms with Gasteiger partial charge in [0, 0.05) is 0 Å².